The normalized spacial score (nSPS) is 9.92. The molecule has 66 valence electrons. The van der Waals surface area contributed by atoms with Crippen LogP contribution in [-0.4, -0.2) is 18.1 Å². The highest BCUT2D eigenvalue weighted by atomic mass is 14.9. The van der Waals surface area contributed by atoms with Crippen molar-refractivity contribution in [2.24, 2.45) is 5.73 Å². The van der Waals surface area contributed by atoms with Crippen LogP contribution < -0.4 is 11.1 Å². The lowest BCUT2D eigenvalue weighted by atomic mass is 10.2. The molecule has 12 heavy (non-hydrogen) atoms. The summed E-state index contributed by atoms with van der Waals surface area (Å²) in [5.41, 5.74) is 8.71. The van der Waals surface area contributed by atoms with E-state index < -0.39 is 0 Å². The molecule has 0 unspecified atom stereocenters. The first-order valence-corrected chi connectivity index (χ1v) is 4.11. The molecule has 3 N–H and O–H groups in total. The number of nitrogens with zero attached hydrogens (tertiary/aromatic N) is 1. The van der Waals surface area contributed by atoms with Gasteiger partial charge in [0, 0.05) is 30.7 Å². The van der Waals surface area contributed by atoms with Crippen molar-refractivity contribution in [2.45, 2.75) is 13.8 Å². The lowest BCUT2D eigenvalue weighted by Gasteiger charge is -2.07. The second-order valence-electron chi connectivity index (χ2n) is 2.86. The Kier molecular flexibility index (Phi) is 3.05. The smallest absolute Gasteiger partial charge is 0.0403 e. The van der Waals surface area contributed by atoms with Gasteiger partial charge >= 0.3 is 0 Å². The minimum absolute atomic E-state index is 0.654. The Labute approximate surface area is 73.0 Å². The number of aromatic nitrogens is 1. The number of rotatable bonds is 3. The molecule has 1 aromatic heterocycles. The second kappa shape index (κ2) is 4.07. The zero-order chi connectivity index (χ0) is 8.97. The Balaban J connectivity index is 2.75. The summed E-state index contributed by atoms with van der Waals surface area (Å²) in [7, 11) is 0. The Bertz CT molecular complexity index is 258. The van der Waals surface area contributed by atoms with E-state index >= 15 is 0 Å². The van der Waals surface area contributed by atoms with Gasteiger partial charge in [-0.3, -0.25) is 4.98 Å². The summed E-state index contributed by atoms with van der Waals surface area (Å²) in [5, 5.41) is 3.24. The number of anilines is 1. The molecule has 0 radical (unpaired) electrons. The molecule has 0 saturated carbocycles. The summed E-state index contributed by atoms with van der Waals surface area (Å²) < 4.78 is 0. The zero-order valence-corrected chi connectivity index (χ0v) is 7.59. The fourth-order valence-corrected chi connectivity index (χ4v) is 1.03. The van der Waals surface area contributed by atoms with E-state index in [0.717, 1.165) is 23.5 Å². The summed E-state index contributed by atoms with van der Waals surface area (Å²) in [6.07, 6.45) is 1.87. The first-order valence-electron chi connectivity index (χ1n) is 4.11. The number of hydrogen-bond donors (Lipinski definition) is 2. The number of nitrogens with one attached hydrogen (secondary N) is 1. The van der Waals surface area contributed by atoms with Crippen molar-refractivity contribution >= 4 is 5.69 Å². The van der Waals surface area contributed by atoms with E-state index in [2.05, 4.69) is 10.3 Å². The van der Waals surface area contributed by atoms with Gasteiger partial charge in [-0.25, -0.2) is 0 Å². The maximum Gasteiger partial charge on any atom is 0.0403 e. The minimum atomic E-state index is 0.654. The lowest BCUT2D eigenvalue weighted by molar-refractivity contribution is 1.02. The van der Waals surface area contributed by atoms with Crippen molar-refractivity contribution in [3.63, 3.8) is 0 Å². The highest BCUT2D eigenvalue weighted by Crippen LogP contribution is 2.13. The molecule has 0 aliphatic rings. The quantitative estimate of drug-likeness (QED) is 0.704. The van der Waals surface area contributed by atoms with Crippen molar-refractivity contribution < 1.29 is 0 Å². The van der Waals surface area contributed by atoms with Gasteiger partial charge in [-0.2, -0.15) is 0 Å². The van der Waals surface area contributed by atoms with Crippen molar-refractivity contribution in [3.8, 4) is 0 Å². The van der Waals surface area contributed by atoms with Crippen molar-refractivity contribution in [1.82, 2.24) is 4.98 Å². The van der Waals surface area contributed by atoms with Gasteiger partial charge in [-0.05, 0) is 25.5 Å². The van der Waals surface area contributed by atoms with Crippen LogP contribution in [0.4, 0.5) is 5.69 Å². The fourth-order valence-electron chi connectivity index (χ4n) is 1.03. The van der Waals surface area contributed by atoms with Gasteiger partial charge < -0.3 is 11.1 Å². The molecule has 0 fully saturated rings. The summed E-state index contributed by atoms with van der Waals surface area (Å²) in [6.45, 7) is 5.48. The second-order valence-corrected chi connectivity index (χ2v) is 2.86. The van der Waals surface area contributed by atoms with Crippen LogP contribution in [0.2, 0.25) is 0 Å². The third-order valence-corrected chi connectivity index (χ3v) is 1.70. The first-order chi connectivity index (χ1) is 5.74. The summed E-state index contributed by atoms with van der Waals surface area (Å²) >= 11 is 0. The van der Waals surface area contributed by atoms with E-state index in [1.54, 1.807) is 0 Å². The summed E-state index contributed by atoms with van der Waals surface area (Å²) in [6, 6.07) is 2.03. The predicted molar refractivity (Wildman–Crippen MR) is 51.3 cm³/mol. The van der Waals surface area contributed by atoms with Crippen LogP contribution >= 0.6 is 0 Å². The molecule has 0 bridgehead atoms. The molecule has 3 heteroatoms. The average Bonchev–Trinajstić information content (AvgIpc) is 2.07. The fraction of sp³-hybridized carbons (Fsp3) is 0.444. The van der Waals surface area contributed by atoms with Crippen LogP contribution in [0.3, 0.4) is 0 Å². The van der Waals surface area contributed by atoms with Gasteiger partial charge in [-0.1, -0.05) is 0 Å². The lowest BCUT2D eigenvalue weighted by Crippen LogP contribution is -2.13. The molecule has 0 aromatic carbocycles. The molecule has 0 amide bonds. The van der Waals surface area contributed by atoms with Crippen LogP contribution in [0.5, 0.6) is 0 Å². The van der Waals surface area contributed by atoms with Crippen LogP contribution in [-0.2, 0) is 0 Å². The molecule has 0 saturated heterocycles. The Morgan fingerprint density at radius 1 is 1.50 bits per heavy atom. The topological polar surface area (TPSA) is 50.9 Å². The first kappa shape index (κ1) is 9.00. The summed E-state index contributed by atoms with van der Waals surface area (Å²) in [4.78, 5) is 4.18. The standard InChI is InChI=1S/C9H15N3/c1-7-6-12-8(2)5-9(7)11-4-3-10/h5-6H,3-4,10H2,1-2H3,(H,11,12). The van der Waals surface area contributed by atoms with E-state index in [-0.39, 0.29) is 0 Å². The zero-order valence-electron chi connectivity index (χ0n) is 7.59. The van der Waals surface area contributed by atoms with Gasteiger partial charge in [0.25, 0.3) is 0 Å². The van der Waals surface area contributed by atoms with E-state index in [1.165, 1.54) is 0 Å². The van der Waals surface area contributed by atoms with Crippen LogP contribution in [0.15, 0.2) is 12.3 Å². The molecule has 0 atom stereocenters. The number of hydrogen-bond acceptors (Lipinski definition) is 3. The monoisotopic (exact) mass is 165 g/mol. The molecular weight excluding hydrogens is 150 g/mol. The van der Waals surface area contributed by atoms with Gasteiger partial charge in [0.2, 0.25) is 0 Å². The summed E-state index contributed by atoms with van der Waals surface area (Å²) in [5.74, 6) is 0. The SMILES string of the molecule is Cc1cc(NCCN)c(C)cn1. The molecule has 1 aromatic rings. The number of pyridine rings is 1. The van der Waals surface area contributed by atoms with Crippen molar-refractivity contribution in [1.29, 1.82) is 0 Å². The van der Waals surface area contributed by atoms with Gasteiger partial charge in [0.15, 0.2) is 0 Å². The van der Waals surface area contributed by atoms with E-state index in [4.69, 9.17) is 5.73 Å². The third kappa shape index (κ3) is 2.20. The van der Waals surface area contributed by atoms with Crippen molar-refractivity contribution in [2.75, 3.05) is 18.4 Å². The maximum absolute atomic E-state index is 5.39. The van der Waals surface area contributed by atoms with Gasteiger partial charge in [0.05, 0.1) is 0 Å². The van der Waals surface area contributed by atoms with Crippen LogP contribution in [0, 0.1) is 13.8 Å². The number of nitrogens with two attached hydrogens (primary N) is 1. The maximum atomic E-state index is 5.39. The van der Waals surface area contributed by atoms with Gasteiger partial charge in [-0.15, -0.1) is 0 Å². The predicted octanol–water partition coefficient (Wildman–Crippen LogP) is 1.07. The largest absolute Gasteiger partial charge is 0.383 e. The van der Waals surface area contributed by atoms with Crippen LogP contribution in [0.1, 0.15) is 11.3 Å². The Morgan fingerprint density at radius 3 is 2.92 bits per heavy atom. The molecule has 0 spiro atoms. The highest BCUT2D eigenvalue weighted by Gasteiger charge is 1.96. The Hall–Kier alpha value is -1.09. The molecule has 3 nitrogen and oxygen atoms in total. The molecule has 0 aliphatic carbocycles. The van der Waals surface area contributed by atoms with E-state index in [0.29, 0.717) is 6.54 Å². The average molecular weight is 165 g/mol. The minimum Gasteiger partial charge on any atom is -0.383 e. The van der Waals surface area contributed by atoms with Crippen molar-refractivity contribution in [3.05, 3.63) is 23.5 Å². The molecular formula is C9H15N3. The third-order valence-electron chi connectivity index (χ3n) is 1.70. The highest BCUT2D eigenvalue weighted by molar-refractivity contribution is 5.50. The van der Waals surface area contributed by atoms with E-state index in [9.17, 15) is 0 Å². The Morgan fingerprint density at radius 2 is 2.25 bits per heavy atom. The molecule has 1 rings (SSSR count). The van der Waals surface area contributed by atoms with Crippen LogP contribution in [0.25, 0.3) is 0 Å². The molecule has 1 heterocycles. The molecule has 0 aliphatic heterocycles. The van der Waals surface area contributed by atoms with Gasteiger partial charge in [0.1, 0.15) is 0 Å². The number of aryl methyl sites for hydroxylation is 2. The van der Waals surface area contributed by atoms with E-state index in [1.807, 2.05) is 26.1 Å².